The molecular weight excluding hydrogens is 262 g/mol. The molecule has 0 aliphatic heterocycles. The van der Waals surface area contributed by atoms with E-state index >= 15 is 0 Å². The molecule has 8 heteroatoms. The molecule has 3 N–H and O–H groups in total. The van der Waals surface area contributed by atoms with Gasteiger partial charge in [0.05, 0.1) is 12.0 Å². The number of hydrogen-bond donors (Lipinski definition) is 3. The first-order chi connectivity index (χ1) is 7.99. The predicted molar refractivity (Wildman–Crippen MR) is 68.1 cm³/mol. The van der Waals surface area contributed by atoms with Gasteiger partial charge in [0.15, 0.2) is 5.11 Å². The minimum absolute atomic E-state index is 0.115. The third-order valence-electron chi connectivity index (χ3n) is 1.90. The fraction of sp³-hybridized carbons (Fsp3) is 0.222. The third kappa shape index (κ3) is 3.84. The van der Waals surface area contributed by atoms with E-state index in [1.165, 1.54) is 19.2 Å². The molecule has 0 spiro atoms. The number of hydrazine groups is 1. The van der Waals surface area contributed by atoms with Crippen LogP contribution in [0, 0.1) is 0 Å². The van der Waals surface area contributed by atoms with Crippen molar-refractivity contribution in [3.63, 3.8) is 0 Å². The van der Waals surface area contributed by atoms with E-state index in [0.29, 0.717) is 5.75 Å². The van der Waals surface area contributed by atoms with E-state index in [-0.39, 0.29) is 10.0 Å². The summed E-state index contributed by atoms with van der Waals surface area (Å²) in [7, 11) is -0.546. The third-order valence-corrected chi connectivity index (χ3v) is 3.47. The normalized spacial score (nSPS) is 10.7. The Morgan fingerprint density at radius 3 is 2.35 bits per heavy atom. The first-order valence-electron chi connectivity index (χ1n) is 4.63. The summed E-state index contributed by atoms with van der Waals surface area (Å²) in [6, 6.07) is 5.99. The Balaban J connectivity index is 2.78. The van der Waals surface area contributed by atoms with Crippen molar-refractivity contribution in [2.45, 2.75) is 4.90 Å². The standard InChI is InChI=1S/C9H13N3O3S2/c1-10-9(16)11-12-17(13,14)8-5-3-7(15-2)4-6-8/h3-6,12H,1-2H3,(H2,10,11,16). The summed E-state index contributed by atoms with van der Waals surface area (Å²) >= 11 is 4.74. The Labute approximate surface area is 105 Å². The summed E-state index contributed by atoms with van der Waals surface area (Å²) in [5.74, 6) is 0.586. The molecule has 0 amide bonds. The van der Waals surface area contributed by atoms with Gasteiger partial charge in [-0.2, -0.15) is 0 Å². The van der Waals surface area contributed by atoms with Crippen molar-refractivity contribution in [1.82, 2.24) is 15.6 Å². The van der Waals surface area contributed by atoms with Crippen molar-refractivity contribution >= 4 is 27.4 Å². The van der Waals surface area contributed by atoms with E-state index in [9.17, 15) is 8.42 Å². The summed E-state index contributed by atoms with van der Waals surface area (Å²) in [6.07, 6.45) is 0. The second-order valence-electron chi connectivity index (χ2n) is 2.99. The Kier molecular flexibility index (Phi) is 4.67. The van der Waals surface area contributed by atoms with E-state index in [0.717, 1.165) is 0 Å². The van der Waals surface area contributed by atoms with Crippen LogP contribution >= 0.6 is 12.2 Å². The molecular formula is C9H13N3O3S2. The van der Waals surface area contributed by atoms with E-state index in [4.69, 9.17) is 17.0 Å². The number of methoxy groups -OCH3 is 1. The molecule has 0 atom stereocenters. The molecule has 0 aliphatic carbocycles. The first-order valence-corrected chi connectivity index (χ1v) is 6.52. The number of rotatable bonds is 4. The first kappa shape index (κ1) is 13.7. The topological polar surface area (TPSA) is 79.5 Å². The van der Waals surface area contributed by atoms with Gasteiger partial charge in [-0.05, 0) is 36.5 Å². The van der Waals surface area contributed by atoms with E-state index < -0.39 is 10.0 Å². The van der Waals surface area contributed by atoms with Crippen LogP contribution in [0.5, 0.6) is 5.75 Å². The highest BCUT2D eigenvalue weighted by Gasteiger charge is 2.13. The van der Waals surface area contributed by atoms with Crippen LogP contribution in [-0.4, -0.2) is 27.7 Å². The van der Waals surface area contributed by atoms with Gasteiger partial charge in [-0.3, -0.25) is 5.43 Å². The van der Waals surface area contributed by atoms with Crippen molar-refractivity contribution in [3.8, 4) is 5.75 Å². The van der Waals surface area contributed by atoms with Crippen LogP contribution in [0.4, 0.5) is 0 Å². The molecule has 6 nitrogen and oxygen atoms in total. The Hall–Kier alpha value is -1.38. The molecule has 0 fully saturated rings. The second-order valence-corrected chi connectivity index (χ2v) is 5.08. The number of hydrogen-bond acceptors (Lipinski definition) is 4. The molecule has 0 unspecified atom stereocenters. The number of thiocarbonyl (C=S) groups is 1. The molecule has 0 saturated heterocycles. The fourth-order valence-corrected chi connectivity index (χ4v) is 1.95. The molecule has 0 bridgehead atoms. The molecule has 0 aromatic heterocycles. The number of nitrogens with one attached hydrogen (secondary N) is 3. The summed E-state index contributed by atoms with van der Waals surface area (Å²) < 4.78 is 28.4. The van der Waals surface area contributed by atoms with E-state index in [1.54, 1.807) is 19.2 Å². The summed E-state index contributed by atoms with van der Waals surface area (Å²) in [4.78, 5) is 2.26. The van der Waals surface area contributed by atoms with Crippen LogP contribution < -0.4 is 20.3 Å². The predicted octanol–water partition coefficient (Wildman–Crippen LogP) is -0.0176. The maximum atomic E-state index is 11.8. The van der Waals surface area contributed by atoms with Gasteiger partial charge in [-0.25, -0.2) is 8.42 Å². The molecule has 0 radical (unpaired) electrons. The van der Waals surface area contributed by atoms with Gasteiger partial charge in [0.2, 0.25) is 0 Å². The molecule has 1 aromatic carbocycles. The lowest BCUT2D eigenvalue weighted by Crippen LogP contribution is -2.45. The van der Waals surface area contributed by atoms with Gasteiger partial charge < -0.3 is 10.1 Å². The van der Waals surface area contributed by atoms with Crippen LogP contribution in [0.3, 0.4) is 0 Å². The van der Waals surface area contributed by atoms with Crippen LogP contribution in [0.25, 0.3) is 0 Å². The molecule has 17 heavy (non-hydrogen) atoms. The highest BCUT2D eigenvalue weighted by Crippen LogP contribution is 2.14. The average molecular weight is 275 g/mol. The Bertz CT molecular complexity index is 485. The Morgan fingerprint density at radius 2 is 1.88 bits per heavy atom. The number of ether oxygens (including phenoxy) is 1. The SMILES string of the molecule is CNC(=S)NNS(=O)(=O)c1ccc(OC)cc1. The Morgan fingerprint density at radius 1 is 1.29 bits per heavy atom. The number of benzene rings is 1. The van der Waals surface area contributed by atoms with Crippen molar-refractivity contribution in [1.29, 1.82) is 0 Å². The highest BCUT2D eigenvalue weighted by atomic mass is 32.2. The fourth-order valence-electron chi connectivity index (χ4n) is 0.990. The van der Waals surface area contributed by atoms with Crippen molar-refractivity contribution in [3.05, 3.63) is 24.3 Å². The van der Waals surface area contributed by atoms with Crippen molar-refractivity contribution in [2.24, 2.45) is 0 Å². The molecule has 0 heterocycles. The lowest BCUT2D eigenvalue weighted by Gasteiger charge is -2.09. The van der Waals surface area contributed by atoms with Gasteiger partial charge in [0.1, 0.15) is 5.75 Å². The zero-order valence-corrected chi connectivity index (χ0v) is 11.0. The molecule has 0 aliphatic rings. The lowest BCUT2D eigenvalue weighted by atomic mass is 10.3. The average Bonchev–Trinajstić information content (AvgIpc) is 2.36. The maximum Gasteiger partial charge on any atom is 0.257 e. The molecule has 1 aromatic rings. The smallest absolute Gasteiger partial charge is 0.257 e. The van der Waals surface area contributed by atoms with Gasteiger partial charge >= 0.3 is 0 Å². The largest absolute Gasteiger partial charge is 0.497 e. The van der Waals surface area contributed by atoms with E-state index in [2.05, 4.69) is 15.6 Å². The quantitative estimate of drug-likeness (QED) is 0.529. The van der Waals surface area contributed by atoms with Gasteiger partial charge in [-0.15, -0.1) is 4.83 Å². The van der Waals surface area contributed by atoms with Crippen LogP contribution in [-0.2, 0) is 10.0 Å². The van der Waals surface area contributed by atoms with Crippen molar-refractivity contribution < 1.29 is 13.2 Å². The van der Waals surface area contributed by atoms with Gasteiger partial charge in [-0.1, -0.05) is 0 Å². The van der Waals surface area contributed by atoms with Crippen LogP contribution in [0.1, 0.15) is 0 Å². The summed E-state index contributed by atoms with van der Waals surface area (Å²) in [6.45, 7) is 0. The summed E-state index contributed by atoms with van der Waals surface area (Å²) in [5.41, 5.74) is 2.35. The van der Waals surface area contributed by atoms with Crippen LogP contribution in [0.2, 0.25) is 0 Å². The van der Waals surface area contributed by atoms with E-state index in [1.807, 2.05) is 0 Å². The van der Waals surface area contributed by atoms with Crippen molar-refractivity contribution in [2.75, 3.05) is 14.2 Å². The minimum atomic E-state index is -3.63. The minimum Gasteiger partial charge on any atom is -0.497 e. The second kappa shape index (κ2) is 5.80. The van der Waals surface area contributed by atoms with Gasteiger partial charge in [0.25, 0.3) is 10.0 Å². The highest BCUT2D eigenvalue weighted by molar-refractivity contribution is 7.89. The summed E-state index contributed by atoms with van der Waals surface area (Å²) in [5, 5.41) is 2.76. The van der Waals surface area contributed by atoms with Crippen LogP contribution in [0.15, 0.2) is 29.2 Å². The monoisotopic (exact) mass is 275 g/mol. The molecule has 1 rings (SSSR count). The zero-order valence-electron chi connectivity index (χ0n) is 9.35. The number of sulfonamides is 1. The zero-order chi connectivity index (χ0) is 12.9. The van der Waals surface area contributed by atoms with Gasteiger partial charge in [0, 0.05) is 7.05 Å². The molecule has 0 saturated carbocycles. The molecule has 94 valence electrons. The lowest BCUT2D eigenvalue weighted by molar-refractivity contribution is 0.414. The maximum absolute atomic E-state index is 11.8.